The molecule has 0 aromatic heterocycles. The van der Waals surface area contributed by atoms with E-state index in [1.54, 1.807) is 0 Å². The first-order valence-electron chi connectivity index (χ1n) is 4.77. The lowest BCUT2D eigenvalue weighted by Crippen LogP contribution is -2.13. The molecule has 1 aromatic carbocycles. The number of hydrogen-bond acceptors (Lipinski definition) is 3. The van der Waals surface area contributed by atoms with Crippen LogP contribution >= 0.6 is 0 Å². The average molecular weight is 296 g/mol. The molecule has 9 heteroatoms. The van der Waals surface area contributed by atoms with Crippen molar-refractivity contribution in [2.45, 2.75) is 0 Å². The number of ether oxygens (including phenoxy) is 1. The second-order valence-corrected chi connectivity index (χ2v) is 3.33. The van der Waals surface area contributed by atoms with Gasteiger partial charge in [-0.15, -0.1) is 0 Å². The minimum absolute atomic E-state index is 0.0237. The minimum Gasteiger partial charge on any atom is -0.478 e. The Kier molecular flexibility index (Phi) is 4.43. The van der Waals surface area contributed by atoms with Crippen molar-refractivity contribution in [3.8, 4) is 0 Å². The molecule has 0 saturated carbocycles. The number of hydrogen-bond donors (Lipinski definition) is 1. The number of carbonyl (C=O) groups excluding carboxylic acids is 1. The Bertz CT molecular complexity index is 595. The van der Waals surface area contributed by atoms with Crippen molar-refractivity contribution < 1.29 is 41.4 Å². The van der Waals surface area contributed by atoms with Gasteiger partial charge in [0.2, 0.25) is 5.82 Å². The molecule has 0 amide bonds. The van der Waals surface area contributed by atoms with Crippen LogP contribution in [-0.4, -0.2) is 24.2 Å². The summed E-state index contributed by atoms with van der Waals surface area (Å²) < 4.78 is 69.7. The highest BCUT2D eigenvalue weighted by atomic mass is 19.2. The Hall–Kier alpha value is -2.45. The number of benzene rings is 1. The fourth-order valence-corrected chi connectivity index (χ4v) is 1.31. The molecule has 108 valence electrons. The molecule has 0 spiro atoms. The van der Waals surface area contributed by atoms with Crippen LogP contribution in [0.25, 0.3) is 5.57 Å². The molecule has 1 aromatic rings. The molecule has 0 heterocycles. The van der Waals surface area contributed by atoms with Crippen molar-refractivity contribution in [1.82, 2.24) is 0 Å². The predicted molar refractivity (Wildman–Crippen MR) is 53.9 cm³/mol. The SMILES string of the molecule is COC(=O)/C(=C/C(=O)O)c1c(F)c(F)c(F)c(F)c1F. The number of carboxylic acids is 1. The molecule has 0 fully saturated rings. The van der Waals surface area contributed by atoms with Crippen molar-refractivity contribution in [3.63, 3.8) is 0 Å². The predicted octanol–water partition coefficient (Wildman–Crippen LogP) is 2.02. The van der Waals surface area contributed by atoms with E-state index < -0.39 is 52.2 Å². The van der Waals surface area contributed by atoms with Crippen molar-refractivity contribution in [2.75, 3.05) is 7.11 Å². The molecule has 0 aliphatic rings. The lowest BCUT2D eigenvalue weighted by Gasteiger charge is -2.09. The maximum absolute atomic E-state index is 13.4. The summed E-state index contributed by atoms with van der Waals surface area (Å²) in [6.07, 6.45) is -0.0237. The van der Waals surface area contributed by atoms with Gasteiger partial charge in [-0.25, -0.2) is 31.5 Å². The molecule has 20 heavy (non-hydrogen) atoms. The number of methoxy groups -OCH3 is 1. The normalized spacial score (nSPS) is 11.4. The van der Waals surface area contributed by atoms with E-state index in [9.17, 15) is 31.5 Å². The zero-order chi connectivity index (χ0) is 15.6. The maximum Gasteiger partial charge on any atom is 0.338 e. The summed E-state index contributed by atoms with van der Waals surface area (Å²) in [6, 6.07) is 0. The van der Waals surface area contributed by atoms with E-state index in [0.29, 0.717) is 0 Å². The standard InChI is InChI=1S/C11H5F5O4/c1-20-11(19)3(2-4(17)18)5-6(12)8(14)10(16)9(15)7(5)13/h2H,1H3,(H,17,18)/b3-2+. The van der Waals surface area contributed by atoms with E-state index in [1.807, 2.05) is 0 Å². The van der Waals surface area contributed by atoms with Crippen LogP contribution in [-0.2, 0) is 14.3 Å². The van der Waals surface area contributed by atoms with Gasteiger partial charge in [0.05, 0.1) is 18.2 Å². The van der Waals surface area contributed by atoms with Crippen LogP contribution in [0.4, 0.5) is 22.0 Å². The molecule has 0 aliphatic carbocycles. The monoisotopic (exact) mass is 296 g/mol. The van der Waals surface area contributed by atoms with Crippen molar-refractivity contribution in [3.05, 3.63) is 40.7 Å². The molecular formula is C11H5F5O4. The zero-order valence-electron chi connectivity index (χ0n) is 9.64. The van der Waals surface area contributed by atoms with Crippen LogP contribution < -0.4 is 0 Å². The highest BCUT2D eigenvalue weighted by Gasteiger charge is 2.31. The first-order valence-corrected chi connectivity index (χ1v) is 4.77. The Morgan fingerprint density at radius 2 is 1.35 bits per heavy atom. The third-order valence-corrected chi connectivity index (χ3v) is 2.15. The van der Waals surface area contributed by atoms with E-state index in [-0.39, 0.29) is 6.08 Å². The first kappa shape index (κ1) is 15.6. The molecule has 0 saturated heterocycles. The fraction of sp³-hybridized carbons (Fsp3) is 0.0909. The number of halogens is 5. The van der Waals surface area contributed by atoms with Gasteiger partial charge in [-0.05, 0) is 0 Å². The quantitative estimate of drug-likeness (QED) is 0.305. The first-order chi connectivity index (χ1) is 9.22. The number of aliphatic carboxylic acids is 1. The number of carboxylic acid groups (broad SMARTS) is 1. The van der Waals surface area contributed by atoms with Gasteiger partial charge >= 0.3 is 11.9 Å². The second kappa shape index (κ2) is 5.68. The van der Waals surface area contributed by atoms with E-state index in [1.165, 1.54) is 0 Å². The summed E-state index contributed by atoms with van der Waals surface area (Å²) in [7, 11) is 0.740. The van der Waals surface area contributed by atoms with Crippen LogP contribution in [0.15, 0.2) is 6.08 Å². The van der Waals surface area contributed by atoms with Gasteiger partial charge < -0.3 is 9.84 Å². The number of carbonyl (C=O) groups is 2. The van der Waals surface area contributed by atoms with E-state index >= 15 is 0 Å². The average Bonchev–Trinajstić information content (AvgIpc) is 2.40. The lowest BCUT2D eigenvalue weighted by atomic mass is 10.0. The summed E-state index contributed by atoms with van der Waals surface area (Å²) >= 11 is 0. The number of esters is 1. The van der Waals surface area contributed by atoms with Crippen LogP contribution in [0.1, 0.15) is 5.56 Å². The second-order valence-electron chi connectivity index (χ2n) is 3.33. The highest BCUT2D eigenvalue weighted by Crippen LogP contribution is 2.29. The molecule has 0 bridgehead atoms. The lowest BCUT2D eigenvalue weighted by molar-refractivity contribution is -0.135. The molecular weight excluding hydrogens is 291 g/mol. The number of rotatable bonds is 3. The molecule has 0 atom stereocenters. The zero-order valence-corrected chi connectivity index (χ0v) is 9.64. The van der Waals surface area contributed by atoms with Gasteiger partial charge in [-0.1, -0.05) is 0 Å². The van der Waals surface area contributed by atoms with E-state index in [0.717, 1.165) is 7.11 Å². The Balaban J connectivity index is 3.74. The molecule has 0 radical (unpaired) electrons. The summed E-state index contributed by atoms with van der Waals surface area (Å²) in [5.74, 6) is -15.1. The minimum atomic E-state index is -2.43. The smallest absolute Gasteiger partial charge is 0.338 e. The van der Waals surface area contributed by atoms with Crippen molar-refractivity contribution in [2.24, 2.45) is 0 Å². The third-order valence-electron chi connectivity index (χ3n) is 2.15. The fourth-order valence-electron chi connectivity index (χ4n) is 1.31. The van der Waals surface area contributed by atoms with Crippen LogP contribution in [0.3, 0.4) is 0 Å². The third kappa shape index (κ3) is 2.60. The summed E-state index contributed by atoms with van der Waals surface area (Å²) in [4.78, 5) is 21.7. The van der Waals surface area contributed by atoms with Crippen molar-refractivity contribution >= 4 is 17.5 Å². The Labute approximate surface area is 108 Å². The topological polar surface area (TPSA) is 63.6 Å². The summed E-state index contributed by atoms with van der Waals surface area (Å²) in [5, 5.41) is 8.47. The van der Waals surface area contributed by atoms with Gasteiger partial charge in [-0.3, -0.25) is 0 Å². The Morgan fingerprint density at radius 1 is 0.950 bits per heavy atom. The van der Waals surface area contributed by atoms with E-state index in [4.69, 9.17) is 5.11 Å². The molecule has 0 aliphatic heterocycles. The van der Waals surface area contributed by atoms with Crippen LogP contribution in [0.2, 0.25) is 0 Å². The molecule has 1 rings (SSSR count). The molecule has 0 unspecified atom stereocenters. The molecule has 1 N–H and O–H groups in total. The summed E-state index contributed by atoms with van der Waals surface area (Å²) in [6.45, 7) is 0. The maximum atomic E-state index is 13.4. The Morgan fingerprint density at radius 3 is 1.70 bits per heavy atom. The van der Waals surface area contributed by atoms with Gasteiger partial charge in [0.15, 0.2) is 23.3 Å². The van der Waals surface area contributed by atoms with Crippen molar-refractivity contribution in [1.29, 1.82) is 0 Å². The van der Waals surface area contributed by atoms with Gasteiger partial charge in [-0.2, -0.15) is 0 Å². The van der Waals surface area contributed by atoms with Gasteiger partial charge in [0, 0.05) is 6.08 Å². The molecule has 4 nitrogen and oxygen atoms in total. The highest BCUT2D eigenvalue weighted by molar-refractivity contribution is 6.20. The van der Waals surface area contributed by atoms with Crippen LogP contribution in [0, 0.1) is 29.1 Å². The summed E-state index contributed by atoms with van der Waals surface area (Å²) in [5.41, 5.74) is -2.98. The van der Waals surface area contributed by atoms with Gasteiger partial charge in [0.25, 0.3) is 0 Å². The van der Waals surface area contributed by atoms with Gasteiger partial charge in [0.1, 0.15) is 0 Å². The van der Waals surface area contributed by atoms with Crippen LogP contribution in [0.5, 0.6) is 0 Å². The van der Waals surface area contributed by atoms with E-state index in [2.05, 4.69) is 4.74 Å². The largest absolute Gasteiger partial charge is 0.478 e.